The Hall–Kier alpha value is -1.81. The molecule has 0 unspecified atom stereocenters. The van der Waals surface area contributed by atoms with Crippen molar-refractivity contribution in [1.82, 2.24) is 4.90 Å². The summed E-state index contributed by atoms with van der Waals surface area (Å²) in [5.74, 6) is -1.21. The lowest BCUT2D eigenvalue weighted by atomic mass is 9.93. The average Bonchev–Trinajstić information content (AvgIpc) is 2.89. The van der Waals surface area contributed by atoms with E-state index in [-0.39, 0.29) is 19.0 Å². The highest BCUT2D eigenvalue weighted by Gasteiger charge is 2.44. The number of nitrogens with zero attached hydrogens (tertiary/aromatic N) is 1. The van der Waals surface area contributed by atoms with Gasteiger partial charge in [-0.05, 0) is 41.6 Å². The summed E-state index contributed by atoms with van der Waals surface area (Å²) in [6, 6.07) is 16.1. The SMILES string of the molecule is FC(F)(F)[C@H]1CCCN(C2c3ccccc3-c3ccccc32)C1. The van der Waals surface area contributed by atoms with Gasteiger partial charge in [0.15, 0.2) is 0 Å². The van der Waals surface area contributed by atoms with Gasteiger partial charge in [-0.3, -0.25) is 4.90 Å². The highest BCUT2D eigenvalue weighted by molar-refractivity contribution is 5.78. The number of alkyl halides is 3. The minimum absolute atomic E-state index is 0.0486. The first kappa shape index (κ1) is 14.8. The van der Waals surface area contributed by atoms with Gasteiger partial charge in [-0.25, -0.2) is 0 Å². The van der Waals surface area contributed by atoms with Crippen LogP contribution in [0.15, 0.2) is 48.5 Å². The average molecular weight is 317 g/mol. The molecule has 0 spiro atoms. The van der Waals surface area contributed by atoms with Crippen LogP contribution >= 0.6 is 0 Å². The summed E-state index contributed by atoms with van der Waals surface area (Å²) in [6.07, 6.45) is -3.25. The molecule has 120 valence electrons. The number of likely N-dealkylation sites (tertiary alicyclic amines) is 1. The van der Waals surface area contributed by atoms with Crippen molar-refractivity contribution in [2.45, 2.75) is 25.1 Å². The molecule has 0 aromatic heterocycles. The smallest absolute Gasteiger partial charge is 0.292 e. The first-order chi connectivity index (χ1) is 11.1. The summed E-state index contributed by atoms with van der Waals surface area (Å²) < 4.78 is 39.5. The van der Waals surface area contributed by atoms with Crippen molar-refractivity contribution in [2.75, 3.05) is 13.1 Å². The number of benzene rings is 2. The number of hydrogen-bond donors (Lipinski definition) is 0. The fraction of sp³-hybridized carbons (Fsp3) is 0.368. The molecule has 1 saturated heterocycles. The first-order valence-electron chi connectivity index (χ1n) is 8.04. The molecule has 0 bridgehead atoms. The molecule has 0 saturated carbocycles. The zero-order valence-corrected chi connectivity index (χ0v) is 12.7. The van der Waals surface area contributed by atoms with Crippen molar-refractivity contribution in [3.8, 4) is 11.1 Å². The maximum Gasteiger partial charge on any atom is 0.393 e. The van der Waals surface area contributed by atoms with E-state index in [9.17, 15) is 13.2 Å². The second-order valence-electron chi connectivity index (χ2n) is 6.45. The predicted octanol–water partition coefficient (Wildman–Crippen LogP) is 5.03. The third-order valence-electron chi connectivity index (χ3n) is 5.08. The molecule has 0 N–H and O–H groups in total. The summed E-state index contributed by atoms with van der Waals surface area (Å²) in [6.45, 7) is 0.816. The molecule has 1 heterocycles. The summed E-state index contributed by atoms with van der Waals surface area (Å²) in [7, 11) is 0. The Morgan fingerprint density at radius 3 is 2.00 bits per heavy atom. The lowest BCUT2D eigenvalue weighted by Gasteiger charge is -2.38. The Labute approximate surface area is 133 Å². The van der Waals surface area contributed by atoms with E-state index in [1.807, 2.05) is 29.2 Å². The van der Waals surface area contributed by atoms with Crippen molar-refractivity contribution in [2.24, 2.45) is 5.92 Å². The molecule has 1 fully saturated rings. The normalized spacial score (nSPS) is 22.0. The van der Waals surface area contributed by atoms with E-state index in [1.165, 1.54) is 0 Å². The van der Waals surface area contributed by atoms with E-state index in [2.05, 4.69) is 24.3 Å². The van der Waals surface area contributed by atoms with Crippen LogP contribution in [0, 0.1) is 5.92 Å². The molecule has 2 aliphatic rings. The van der Waals surface area contributed by atoms with E-state index in [0.717, 1.165) is 28.8 Å². The third-order valence-corrected chi connectivity index (χ3v) is 5.08. The first-order valence-corrected chi connectivity index (χ1v) is 8.04. The molecule has 0 radical (unpaired) electrons. The zero-order valence-electron chi connectivity index (χ0n) is 12.7. The highest BCUT2D eigenvalue weighted by atomic mass is 19.4. The van der Waals surface area contributed by atoms with Crippen LogP contribution in [0.25, 0.3) is 11.1 Å². The van der Waals surface area contributed by atoms with Crippen molar-refractivity contribution in [1.29, 1.82) is 0 Å². The van der Waals surface area contributed by atoms with Crippen LogP contribution in [-0.2, 0) is 0 Å². The van der Waals surface area contributed by atoms with Crippen LogP contribution in [-0.4, -0.2) is 24.2 Å². The van der Waals surface area contributed by atoms with Crippen molar-refractivity contribution in [3.63, 3.8) is 0 Å². The van der Waals surface area contributed by atoms with Gasteiger partial charge >= 0.3 is 6.18 Å². The quantitative estimate of drug-likeness (QED) is 0.713. The molecule has 2 aromatic carbocycles. The largest absolute Gasteiger partial charge is 0.393 e. The Kier molecular flexibility index (Phi) is 3.45. The van der Waals surface area contributed by atoms with Crippen LogP contribution in [0.1, 0.15) is 30.0 Å². The maximum atomic E-state index is 13.2. The van der Waals surface area contributed by atoms with Crippen LogP contribution in [0.4, 0.5) is 13.2 Å². The van der Waals surface area contributed by atoms with Gasteiger partial charge in [-0.2, -0.15) is 13.2 Å². The van der Waals surface area contributed by atoms with Gasteiger partial charge < -0.3 is 0 Å². The number of fused-ring (bicyclic) bond motifs is 3. The number of rotatable bonds is 1. The Balaban J connectivity index is 1.74. The molecule has 23 heavy (non-hydrogen) atoms. The zero-order chi connectivity index (χ0) is 16.0. The molecule has 0 amide bonds. The van der Waals surface area contributed by atoms with Gasteiger partial charge in [-0.15, -0.1) is 0 Å². The molecular formula is C19H18F3N. The summed E-state index contributed by atoms with van der Waals surface area (Å²) in [5, 5.41) is 0. The van der Waals surface area contributed by atoms with Crippen LogP contribution < -0.4 is 0 Å². The molecular weight excluding hydrogens is 299 g/mol. The fourth-order valence-corrected chi connectivity index (χ4v) is 4.03. The van der Waals surface area contributed by atoms with Gasteiger partial charge in [0.05, 0.1) is 12.0 Å². The summed E-state index contributed by atoms with van der Waals surface area (Å²) >= 11 is 0. The molecule has 4 rings (SSSR count). The fourth-order valence-electron chi connectivity index (χ4n) is 4.03. The lowest BCUT2D eigenvalue weighted by Crippen LogP contribution is -2.43. The molecule has 1 aliphatic heterocycles. The predicted molar refractivity (Wildman–Crippen MR) is 84.1 cm³/mol. The summed E-state index contributed by atoms with van der Waals surface area (Å²) in [5.41, 5.74) is 4.58. The highest BCUT2D eigenvalue weighted by Crippen LogP contribution is 2.48. The Bertz CT molecular complexity index is 677. The second kappa shape index (κ2) is 5.38. The van der Waals surface area contributed by atoms with Gasteiger partial charge in [0.25, 0.3) is 0 Å². The topological polar surface area (TPSA) is 3.24 Å². The Morgan fingerprint density at radius 1 is 0.870 bits per heavy atom. The van der Waals surface area contributed by atoms with Gasteiger partial charge in [0.2, 0.25) is 0 Å². The molecule has 1 atom stereocenters. The summed E-state index contributed by atoms with van der Waals surface area (Å²) in [4.78, 5) is 2.02. The molecule has 1 aliphatic carbocycles. The van der Waals surface area contributed by atoms with E-state index >= 15 is 0 Å². The second-order valence-corrected chi connectivity index (χ2v) is 6.45. The molecule has 4 heteroatoms. The lowest BCUT2D eigenvalue weighted by molar-refractivity contribution is -0.188. The van der Waals surface area contributed by atoms with Gasteiger partial charge in [0, 0.05) is 6.54 Å². The van der Waals surface area contributed by atoms with Crippen LogP contribution in [0.2, 0.25) is 0 Å². The Morgan fingerprint density at radius 2 is 1.43 bits per heavy atom. The van der Waals surface area contributed by atoms with Crippen molar-refractivity contribution in [3.05, 3.63) is 59.7 Å². The van der Waals surface area contributed by atoms with E-state index in [4.69, 9.17) is 0 Å². The monoisotopic (exact) mass is 317 g/mol. The number of piperidine rings is 1. The molecule has 2 aromatic rings. The van der Waals surface area contributed by atoms with Gasteiger partial charge in [-0.1, -0.05) is 48.5 Å². The minimum atomic E-state index is -4.10. The number of halogens is 3. The van der Waals surface area contributed by atoms with Crippen molar-refractivity contribution >= 4 is 0 Å². The van der Waals surface area contributed by atoms with Crippen molar-refractivity contribution < 1.29 is 13.2 Å². The minimum Gasteiger partial charge on any atom is -0.292 e. The van der Waals surface area contributed by atoms with E-state index < -0.39 is 12.1 Å². The van der Waals surface area contributed by atoms with E-state index in [0.29, 0.717) is 6.42 Å². The number of hydrogen-bond acceptors (Lipinski definition) is 1. The van der Waals surface area contributed by atoms with Crippen LogP contribution in [0.5, 0.6) is 0 Å². The van der Waals surface area contributed by atoms with E-state index in [1.54, 1.807) is 0 Å². The maximum absolute atomic E-state index is 13.2. The van der Waals surface area contributed by atoms with Gasteiger partial charge in [0.1, 0.15) is 0 Å². The molecule has 1 nitrogen and oxygen atoms in total. The third kappa shape index (κ3) is 2.45. The van der Waals surface area contributed by atoms with Crippen LogP contribution in [0.3, 0.4) is 0 Å². The standard InChI is InChI=1S/C19H18F3N/c20-19(21,22)13-6-5-11-23(12-13)18-16-9-3-1-7-14(16)15-8-2-4-10-17(15)18/h1-4,7-10,13,18H,5-6,11-12H2/t13-/m0/s1.